The Morgan fingerprint density at radius 1 is 0.737 bits per heavy atom. The molecule has 0 aliphatic carbocycles. The lowest BCUT2D eigenvalue weighted by Gasteiger charge is -1.92. The van der Waals surface area contributed by atoms with E-state index in [4.69, 9.17) is 10.2 Å². The van der Waals surface area contributed by atoms with Crippen molar-refractivity contribution in [2.45, 2.75) is 20.8 Å². The van der Waals surface area contributed by atoms with Crippen molar-refractivity contribution in [3.8, 4) is 11.5 Å². The summed E-state index contributed by atoms with van der Waals surface area (Å²) in [6.07, 6.45) is 0. The summed E-state index contributed by atoms with van der Waals surface area (Å²) in [5.74, 6) is 0.690. The van der Waals surface area contributed by atoms with E-state index in [1.807, 2.05) is 45.0 Å². The quantitative estimate of drug-likeness (QED) is 0.660. The molecule has 0 fully saturated rings. The Hall–Kier alpha value is -2.22. The molecule has 0 saturated carbocycles. The minimum Gasteiger partial charge on any atom is -0.508 e. The van der Waals surface area contributed by atoms with Gasteiger partial charge in [-0.25, -0.2) is 0 Å². The van der Waals surface area contributed by atoms with E-state index in [2.05, 4.69) is 13.2 Å². The van der Waals surface area contributed by atoms with Gasteiger partial charge in [0.15, 0.2) is 0 Å². The number of aryl methyl sites for hydroxylation is 1. The van der Waals surface area contributed by atoms with Gasteiger partial charge in [-0.2, -0.15) is 0 Å². The number of rotatable bonds is 0. The average Bonchev–Trinajstić information content (AvgIpc) is 2.48. The Morgan fingerprint density at radius 2 is 1.16 bits per heavy atom. The van der Waals surface area contributed by atoms with Crippen LogP contribution >= 0.6 is 0 Å². The zero-order valence-electron chi connectivity index (χ0n) is 12.0. The molecule has 2 N–H and O–H groups in total. The second kappa shape index (κ2) is 13.8. The summed E-state index contributed by atoms with van der Waals surface area (Å²) in [5, 5.41) is 17.6. The van der Waals surface area contributed by atoms with Crippen molar-refractivity contribution in [3.05, 3.63) is 73.3 Å². The molecule has 104 valence electrons. The highest BCUT2D eigenvalue weighted by atomic mass is 16.3. The van der Waals surface area contributed by atoms with Crippen molar-refractivity contribution in [2.24, 2.45) is 0 Å². The molecule has 0 aromatic heterocycles. The van der Waals surface area contributed by atoms with E-state index in [1.165, 1.54) is 0 Å². The van der Waals surface area contributed by atoms with Crippen LogP contribution in [0.2, 0.25) is 0 Å². The summed E-state index contributed by atoms with van der Waals surface area (Å²) in [5.41, 5.74) is 0.924. The topological polar surface area (TPSA) is 40.5 Å². The highest BCUT2D eigenvalue weighted by molar-refractivity contribution is 5.29. The first kappa shape index (κ1) is 19.1. The second-order valence-corrected chi connectivity index (χ2v) is 3.12. The number of hydrogen-bond acceptors (Lipinski definition) is 2. The molecule has 0 heterocycles. The number of para-hydroxylation sites is 2. The molecule has 19 heavy (non-hydrogen) atoms. The third kappa shape index (κ3) is 10.6. The van der Waals surface area contributed by atoms with Crippen molar-refractivity contribution in [2.75, 3.05) is 0 Å². The van der Waals surface area contributed by atoms with Gasteiger partial charge in [0, 0.05) is 0 Å². The maximum Gasteiger partial charge on any atom is 0.118 e. The van der Waals surface area contributed by atoms with Gasteiger partial charge in [0.25, 0.3) is 0 Å². The fourth-order valence-electron chi connectivity index (χ4n) is 0.991. The summed E-state index contributed by atoms with van der Waals surface area (Å²) in [6, 6.07) is 16.0. The van der Waals surface area contributed by atoms with Gasteiger partial charge in [0.05, 0.1) is 0 Å². The molecule has 0 aliphatic heterocycles. The van der Waals surface area contributed by atoms with Crippen molar-refractivity contribution in [1.29, 1.82) is 0 Å². The molecule has 0 bridgehead atoms. The fourth-order valence-corrected chi connectivity index (χ4v) is 0.991. The molecule has 0 radical (unpaired) electrons. The molecule has 0 saturated heterocycles. The highest BCUT2D eigenvalue weighted by Gasteiger charge is 1.87. The first-order valence-corrected chi connectivity index (χ1v) is 6.19. The predicted octanol–water partition coefficient (Wildman–Crippen LogP) is 4.92. The Kier molecular flexibility index (Phi) is 13.9. The van der Waals surface area contributed by atoms with Crippen molar-refractivity contribution >= 4 is 0 Å². The van der Waals surface area contributed by atoms with E-state index in [0.29, 0.717) is 11.5 Å². The summed E-state index contributed by atoms with van der Waals surface area (Å²) >= 11 is 0. The SMILES string of the molecule is C=C.CC.Cc1ccccc1O.Oc1ccccc1. The summed E-state index contributed by atoms with van der Waals surface area (Å²) in [6.45, 7) is 11.9. The minimum absolute atomic E-state index is 0.322. The summed E-state index contributed by atoms with van der Waals surface area (Å²) < 4.78 is 0. The van der Waals surface area contributed by atoms with E-state index in [-0.39, 0.29) is 0 Å². The Morgan fingerprint density at radius 3 is 1.42 bits per heavy atom. The number of phenolic OH excluding ortho intramolecular Hbond substituents is 2. The minimum atomic E-state index is 0.322. The molecule has 0 atom stereocenters. The maximum atomic E-state index is 8.92. The van der Waals surface area contributed by atoms with Gasteiger partial charge in [-0.15, -0.1) is 13.2 Å². The van der Waals surface area contributed by atoms with E-state index >= 15 is 0 Å². The lowest BCUT2D eigenvalue weighted by atomic mass is 10.2. The maximum absolute atomic E-state index is 8.92. The third-order valence-electron chi connectivity index (χ3n) is 1.87. The standard InChI is InChI=1S/C7H8O.C6H6O.C2H6.C2H4/c1-6-4-2-3-5-7(6)8;7-6-4-2-1-3-5-6;2*1-2/h2-5,8H,1H3;1-5,7H;1-2H3;1-2H2. The molecule has 0 aliphatic rings. The van der Waals surface area contributed by atoms with Gasteiger partial charge in [0.1, 0.15) is 11.5 Å². The first-order valence-electron chi connectivity index (χ1n) is 6.19. The van der Waals surface area contributed by atoms with Crippen LogP contribution in [0, 0.1) is 6.92 Å². The number of hydrogen-bond donors (Lipinski definition) is 2. The van der Waals surface area contributed by atoms with Crippen LogP contribution in [-0.2, 0) is 0 Å². The van der Waals surface area contributed by atoms with Gasteiger partial charge < -0.3 is 10.2 Å². The van der Waals surface area contributed by atoms with E-state index < -0.39 is 0 Å². The zero-order valence-corrected chi connectivity index (χ0v) is 12.0. The van der Waals surface area contributed by atoms with Crippen LogP contribution in [0.1, 0.15) is 19.4 Å². The Bertz CT molecular complexity index is 390. The van der Waals surface area contributed by atoms with Crippen LogP contribution in [-0.4, -0.2) is 10.2 Å². The molecule has 2 heteroatoms. The van der Waals surface area contributed by atoms with Crippen LogP contribution in [0.15, 0.2) is 67.8 Å². The monoisotopic (exact) mass is 260 g/mol. The average molecular weight is 260 g/mol. The van der Waals surface area contributed by atoms with Gasteiger partial charge in [0.2, 0.25) is 0 Å². The molecular formula is C17H24O2. The summed E-state index contributed by atoms with van der Waals surface area (Å²) in [7, 11) is 0. The number of aromatic hydroxyl groups is 2. The molecule has 2 nitrogen and oxygen atoms in total. The Labute approximate surface area is 116 Å². The largest absolute Gasteiger partial charge is 0.508 e. The second-order valence-electron chi connectivity index (χ2n) is 3.12. The molecule has 2 rings (SSSR count). The van der Waals surface area contributed by atoms with E-state index in [1.54, 1.807) is 30.3 Å². The normalized spacial score (nSPS) is 7.53. The smallest absolute Gasteiger partial charge is 0.118 e. The fraction of sp³-hybridized carbons (Fsp3) is 0.176. The van der Waals surface area contributed by atoms with Crippen molar-refractivity contribution in [3.63, 3.8) is 0 Å². The van der Waals surface area contributed by atoms with Gasteiger partial charge >= 0.3 is 0 Å². The zero-order chi connectivity index (χ0) is 15.1. The van der Waals surface area contributed by atoms with Gasteiger partial charge in [-0.05, 0) is 30.7 Å². The third-order valence-corrected chi connectivity index (χ3v) is 1.87. The van der Waals surface area contributed by atoms with Crippen LogP contribution in [0.4, 0.5) is 0 Å². The molecule has 2 aromatic rings. The van der Waals surface area contributed by atoms with Crippen LogP contribution in [0.5, 0.6) is 11.5 Å². The van der Waals surface area contributed by atoms with Crippen LogP contribution < -0.4 is 0 Å². The molecular weight excluding hydrogens is 236 g/mol. The van der Waals surface area contributed by atoms with E-state index in [9.17, 15) is 0 Å². The van der Waals surface area contributed by atoms with Gasteiger partial charge in [-0.1, -0.05) is 50.2 Å². The first-order chi connectivity index (χ1) is 9.20. The lowest BCUT2D eigenvalue weighted by molar-refractivity contribution is 0.471. The highest BCUT2D eigenvalue weighted by Crippen LogP contribution is 2.12. The summed E-state index contributed by atoms with van der Waals surface area (Å²) in [4.78, 5) is 0. The lowest BCUT2D eigenvalue weighted by Crippen LogP contribution is -1.68. The van der Waals surface area contributed by atoms with E-state index in [0.717, 1.165) is 5.56 Å². The molecule has 0 unspecified atom stereocenters. The Balaban J connectivity index is 0. The van der Waals surface area contributed by atoms with Gasteiger partial charge in [-0.3, -0.25) is 0 Å². The molecule has 2 aromatic carbocycles. The van der Waals surface area contributed by atoms with Crippen LogP contribution in [0.25, 0.3) is 0 Å². The van der Waals surface area contributed by atoms with Crippen molar-refractivity contribution < 1.29 is 10.2 Å². The van der Waals surface area contributed by atoms with Crippen LogP contribution in [0.3, 0.4) is 0 Å². The predicted molar refractivity (Wildman–Crippen MR) is 83.6 cm³/mol. The molecule has 0 spiro atoms. The molecule has 0 amide bonds. The number of phenols is 2. The number of benzene rings is 2. The van der Waals surface area contributed by atoms with Crippen molar-refractivity contribution in [1.82, 2.24) is 0 Å².